The molecule has 2 heterocycles. The molecule has 1 aliphatic carbocycles. The average Bonchev–Trinajstić information content (AvgIpc) is 3.25. The summed E-state index contributed by atoms with van der Waals surface area (Å²) >= 11 is 0. The Kier molecular flexibility index (Phi) is 5.79. The van der Waals surface area contributed by atoms with Gasteiger partial charge in [-0.15, -0.1) is 0 Å². The molecular weight excluding hydrogens is 394 g/mol. The second kappa shape index (κ2) is 8.24. The predicted molar refractivity (Wildman–Crippen MR) is 117 cm³/mol. The summed E-state index contributed by atoms with van der Waals surface area (Å²) in [4.78, 5) is 26.4. The van der Waals surface area contributed by atoms with Crippen molar-refractivity contribution >= 4 is 17.9 Å². The number of aliphatic hydroxyl groups excluding tert-OH is 1. The second-order valence-corrected chi connectivity index (χ2v) is 9.25. The summed E-state index contributed by atoms with van der Waals surface area (Å²) in [6.45, 7) is 6.20. The van der Waals surface area contributed by atoms with Gasteiger partial charge in [0.05, 0.1) is 31.2 Å². The molecule has 0 spiro atoms. The molecule has 6 heteroatoms. The lowest BCUT2D eigenvalue weighted by Gasteiger charge is -2.31. The summed E-state index contributed by atoms with van der Waals surface area (Å²) in [6.07, 6.45) is 4.03. The molecule has 0 bridgehead atoms. The molecule has 166 valence electrons. The molecule has 0 aromatic heterocycles. The van der Waals surface area contributed by atoms with Crippen LogP contribution in [0, 0.1) is 31.6 Å². The van der Waals surface area contributed by atoms with Gasteiger partial charge in [0, 0.05) is 13.0 Å². The van der Waals surface area contributed by atoms with Gasteiger partial charge in [0.1, 0.15) is 5.75 Å². The highest BCUT2D eigenvalue weighted by molar-refractivity contribution is 6.05. The van der Waals surface area contributed by atoms with E-state index in [4.69, 9.17) is 4.74 Å². The molecule has 2 saturated heterocycles. The SMILES string of the molecule is C/C(=C\c1cc(C)c(O)c(C)c1)CC[C@H]1OC[C@H]2C1=C(CO)C[C@H]1C(=O)N(C)C(=O)[C@H]12. The number of aliphatic hydroxyl groups is 1. The molecule has 2 N–H and O–H groups in total. The zero-order valence-electron chi connectivity index (χ0n) is 18.6. The Labute approximate surface area is 183 Å². The van der Waals surface area contributed by atoms with Crippen LogP contribution in [0.5, 0.6) is 5.75 Å². The number of phenols is 1. The van der Waals surface area contributed by atoms with Crippen molar-refractivity contribution in [2.24, 2.45) is 17.8 Å². The zero-order chi connectivity index (χ0) is 22.4. The number of rotatable bonds is 5. The number of hydrogen-bond acceptors (Lipinski definition) is 5. The van der Waals surface area contributed by atoms with E-state index >= 15 is 0 Å². The molecule has 2 fully saturated rings. The maximum absolute atomic E-state index is 12.7. The fourth-order valence-corrected chi connectivity index (χ4v) is 5.56. The van der Waals surface area contributed by atoms with Crippen LogP contribution in [-0.4, -0.2) is 53.3 Å². The number of hydrogen-bond donors (Lipinski definition) is 2. The number of fused-ring (bicyclic) bond motifs is 3. The third-order valence-electron chi connectivity index (χ3n) is 7.15. The van der Waals surface area contributed by atoms with E-state index in [1.54, 1.807) is 7.05 Å². The number of carbonyl (C=O) groups excluding carboxylic acids is 2. The Hall–Kier alpha value is -2.44. The van der Waals surface area contributed by atoms with Crippen molar-refractivity contribution in [3.8, 4) is 5.75 Å². The standard InChI is InChI=1S/C25H31NO5/c1-13(7-16-8-14(2)23(28)15(3)9-16)5-6-20-21-17(11-27)10-18-22(19(21)12-31-20)25(30)26(4)24(18)29/h7-9,18-20,22,27-28H,5-6,10-12H2,1-4H3/b13-7+/t18-,19+,20-,22-/m1/s1. The van der Waals surface area contributed by atoms with Crippen LogP contribution in [0.3, 0.4) is 0 Å². The van der Waals surface area contributed by atoms with Crippen LogP contribution in [0.25, 0.3) is 6.08 Å². The number of amides is 2. The average molecular weight is 426 g/mol. The number of aryl methyl sites for hydroxylation is 2. The van der Waals surface area contributed by atoms with Crippen molar-refractivity contribution in [2.45, 2.75) is 46.1 Å². The molecule has 6 nitrogen and oxygen atoms in total. The van der Waals surface area contributed by atoms with Gasteiger partial charge >= 0.3 is 0 Å². The van der Waals surface area contributed by atoms with Gasteiger partial charge in [-0.2, -0.15) is 0 Å². The van der Waals surface area contributed by atoms with Crippen molar-refractivity contribution in [3.63, 3.8) is 0 Å². The molecule has 3 aliphatic rings. The molecule has 31 heavy (non-hydrogen) atoms. The fraction of sp³-hybridized carbons (Fsp3) is 0.520. The van der Waals surface area contributed by atoms with Crippen molar-refractivity contribution in [1.82, 2.24) is 4.90 Å². The molecule has 4 atom stereocenters. The van der Waals surface area contributed by atoms with Gasteiger partial charge < -0.3 is 14.9 Å². The molecule has 1 aromatic carbocycles. The van der Waals surface area contributed by atoms with Gasteiger partial charge in [-0.3, -0.25) is 14.5 Å². The lowest BCUT2D eigenvalue weighted by Crippen LogP contribution is -2.34. The second-order valence-electron chi connectivity index (χ2n) is 9.25. The van der Waals surface area contributed by atoms with Crippen molar-refractivity contribution in [2.75, 3.05) is 20.3 Å². The maximum atomic E-state index is 12.7. The van der Waals surface area contributed by atoms with Gasteiger partial charge in [-0.05, 0) is 80.0 Å². The van der Waals surface area contributed by atoms with Crippen LogP contribution >= 0.6 is 0 Å². The van der Waals surface area contributed by atoms with Crippen molar-refractivity contribution in [1.29, 1.82) is 0 Å². The van der Waals surface area contributed by atoms with E-state index in [-0.39, 0.29) is 42.3 Å². The zero-order valence-corrected chi connectivity index (χ0v) is 18.6. The summed E-state index contributed by atoms with van der Waals surface area (Å²) in [7, 11) is 1.55. The highest BCUT2D eigenvalue weighted by atomic mass is 16.5. The molecule has 1 aromatic rings. The third-order valence-corrected chi connectivity index (χ3v) is 7.15. The van der Waals surface area contributed by atoms with E-state index in [1.165, 1.54) is 10.5 Å². The highest BCUT2D eigenvalue weighted by Crippen LogP contribution is 2.49. The lowest BCUT2D eigenvalue weighted by atomic mass is 9.69. The van der Waals surface area contributed by atoms with Gasteiger partial charge in [-0.25, -0.2) is 0 Å². The molecule has 0 unspecified atom stereocenters. The van der Waals surface area contributed by atoms with Crippen LogP contribution in [0.4, 0.5) is 0 Å². The van der Waals surface area contributed by atoms with Gasteiger partial charge in [0.15, 0.2) is 0 Å². The summed E-state index contributed by atoms with van der Waals surface area (Å²) in [5.41, 5.74) is 5.89. The number of likely N-dealkylation sites (tertiary alicyclic amines) is 1. The number of nitrogens with zero attached hydrogens (tertiary/aromatic N) is 1. The van der Waals surface area contributed by atoms with Crippen LogP contribution in [-0.2, 0) is 14.3 Å². The van der Waals surface area contributed by atoms with Gasteiger partial charge in [0.2, 0.25) is 11.8 Å². The van der Waals surface area contributed by atoms with E-state index in [0.717, 1.165) is 40.7 Å². The maximum Gasteiger partial charge on any atom is 0.233 e. The first kappa shape index (κ1) is 21.8. The Balaban J connectivity index is 1.51. The molecule has 2 amide bonds. The van der Waals surface area contributed by atoms with E-state index in [9.17, 15) is 19.8 Å². The Morgan fingerprint density at radius 3 is 2.52 bits per heavy atom. The van der Waals surface area contributed by atoms with E-state index < -0.39 is 0 Å². The number of imide groups is 1. The van der Waals surface area contributed by atoms with Crippen molar-refractivity contribution < 1.29 is 24.5 Å². The normalized spacial score (nSPS) is 28.4. The number of aromatic hydroxyl groups is 1. The summed E-state index contributed by atoms with van der Waals surface area (Å²) in [5.74, 6) is -0.746. The van der Waals surface area contributed by atoms with Gasteiger partial charge in [0.25, 0.3) is 0 Å². The predicted octanol–water partition coefficient (Wildman–Crippen LogP) is 3.13. The Bertz CT molecular complexity index is 969. The number of carbonyl (C=O) groups is 2. The topological polar surface area (TPSA) is 87.1 Å². The van der Waals surface area contributed by atoms with Crippen molar-refractivity contribution in [3.05, 3.63) is 45.5 Å². The lowest BCUT2D eigenvalue weighted by molar-refractivity contribution is -0.138. The largest absolute Gasteiger partial charge is 0.507 e. The number of benzene rings is 1. The van der Waals surface area contributed by atoms with Crippen LogP contribution in [0.1, 0.15) is 42.9 Å². The minimum absolute atomic E-state index is 0.0962. The molecule has 0 saturated carbocycles. The van der Waals surface area contributed by atoms with Crippen LogP contribution in [0.2, 0.25) is 0 Å². The summed E-state index contributed by atoms with van der Waals surface area (Å²) < 4.78 is 6.10. The first-order valence-corrected chi connectivity index (χ1v) is 11.0. The molecule has 4 rings (SSSR count). The summed E-state index contributed by atoms with van der Waals surface area (Å²) in [5, 5.41) is 20.0. The number of phenolic OH excluding ortho intramolecular Hbond substituents is 1. The highest BCUT2D eigenvalue weighted by Gasteiger charge is 2.55. The minimum Gasteiger partial charge on any atom is -0.507 e. The number of ether oxygens (including phenoxy) is 1. The number of allylic oxidation sites excluding steroid dienone is 1. The quantitative estimate of drug-likeness (QED) is 0.559. The smallest absolute Gasteiger partial charge is 0.233 e. The monoisotopic (exact) mass is 425 g/mol. The first-order valence-electron chi connectivity index (χ1n) is 11.0. The molecular formula is C25H31NO5. The van der Waals surface area contributed by atoms with Crippen LogP contribution in [0.15, 0.2) is 28.9 Å². The Morgan fingerprint density at radius 1 is 1.19 bits per heavy atom. The molecule has 0 radical (unpaired) electrons. The third kappa shape index (κ3) is 3.72. The van der Waals surface area contributed by atoms with E-state index in [2.05, 4.69) is 13.0 Å². The van der Waals surface area contributed by atoms with E-state index in [0.29, 0.717) is 18.8 Å². The van der Waals surface area contributed by atoms with E-state index in [1.807, 2.05) is 26.0 Å². The first-order chi connectivity index (χ1) is 14.7. The summed E-state index contributed by atoms with van der Waals surface area (Å²) in [6, 6.07) is 3.95. The minimum atomic E-state index is -0.363. The Morgan fingerprint density at radius 2 is 1.87 bits per heavy atom. The fourth-order valence-electron chi connectivity index (χ4n) is 5.56. The van der Waals surface area contributed by atoms with Gasteiger partial charge in [-0.1, -0.05) is 11.6 Å². The van der Waals surface area contributed by atoms with Crippen LogP contribution < -0.4 is 0 Å². The molecule has 2 aliphatic heterocycles.